The lowest BCUT2D eigenvalue weighted by Crippen LogP contribution is -2.09. The zero-order valence-corrected chi connectivity index (χ0v) is 9.52. The largest absolute Gasteiger partial charge is 0.265 e. The van der Waals surface area contributed by atoms with Crippen LogP contribution in [0.25, 0.3) is 0 Å². The van der Waals surface area contributed by atoms with Crippen molar-refractivity contribution in [2.75, 3.05) is 0 Å². The second-order valence-electron chi connectivity index (χ2n) is 3.32. The smallest absolute Gasteiger partial charge is 0.0765 e. The highest BCUT2D eigenvalue weighted by molar-refractivity contribution is 5.85. The van der Waals surface area contributed by atoms with Crippen molar-refractivity contribution in [2.24, 2.45) is 0 Å². The molecule has 15 heavy (non-hydrogen) atoms. The van der Waals surface area contributed by atoms with Gasteiger partial charge in [0.25, 0.3) is 0 Å². The predicted molar refractivity (Wildman–Crippen MR) is 64.3 cm³/mol. The standard InChI is InChI=1S/C12H14N2.ClH/c1-2-12(14-10-6-9-13-14)11-7-4-3-5-8-11;/h3-10,12H,2H2,1H3;1H. The van der Waals surface area contributed by atoms with Crippen molar-refractivity contribution < 1.29 is 0 Å². The van der Waals surface area contributed by atoms with Crippen LogP contribution in [-0.4, -0.2) is 9.78 Å². The SMILES string of the molecule is CCC(c1ccccc1)n1cccn1.Cl. The first-order valence-electron chi connectivity index (χ1n) is 4.96. The first kappa shape index (κ1) is 11.8. The zero-order valence-electron chi connectivity index (χ0n) is 8.71. The van der Waals surface area contributed by atoms with E-state index in [1.165, 1.54) is 5.56 Å². The number of nitrogens with zero attached hydrogens (tertiary/aromatic N) is 2. The number of hydrogen-bond acceptors (Lipinski definition) is 1. The van der Waals surface area contributed by atoms with E-state index >= 15 is 0 Å². The van der Waals surface area contributed by atoms with Crippen LogP contribution in [0.5, 0.6) is 0 Å². The summed E-state index contributed by atoms with van der Waals surface area (Å²) >= 11 is 0. The van der Waals surface area contributed by atoms with Crippen LogP contribution < -0.4 is 0 Å². The Morgan fingerprint density at radius 1 is 1.20 bits per heavy atom. The van der Waals surface area contributed by atoms with Crippen LogP contribution in [0.4, 0.5) is 0 Å². The van der Waals surface area contributed by atoms with Crippen molar-refractivity contribution >= 4 is 12.4 Å². The number of halogens is 1. The van der Waals surface area contributed by atoms with Crippen molar-refractivity contribution in [2.45, 2.75) is 19.4 Å². The summed E-state index contributed by atoms with van der Waals surface area (Å²) in [7, 11) is 0. The summed E-state index contributed by atoms with van der Waals surface area (Å²) in [5.41, 5.74) is 1.32. The van der Waals surface area contributed by atoms with E-state index in [1.807, 2.05) is 29.2 Å². The van der Waals surface area contributed by atoms with E-state index in [0.717, 1.165) is 6.42 Å². The van der Waals surface area contributed by atoms with Gasteiger partial charge in [-0.2, -0.15) is 5.10 Å². The van der Waals surface area contributed by atoms with Crippen molar-refractivity contribution in [1.82, 2.24) is 9.78 Å². The van der Waals surface area contributed by atoms with Crippen LogP contribution in [0.15, 0.2) is 48.8 Å². The van der Waals surface area contributed by atoms with Crippen LogP contribution in [0.2, 0.25) is 0 Å². The first-order chi connectivity index (χ1) is 6.92. The fourth-order valence-electron chi connectivity index (χ4n) is 1.72. The third kappa shape index (κ3) is 2.60. The lowest BCUT2D eigenvalue weighted by molar-refractivity contribution is 0.509. The van der Waals surface area contributed by atoms with Gasteiger partial charge in [-0.25, -0.2) is 0 Å². The molecule has 0 amide bonds. The maximum Gasteiger partial charge on any atom is 0.0765 e. The molecule has 0 saturated carbocycles. The van der Waals surface area contributed by atoms with Crippen LogP contribution in [0, 0.1) is 0 Å². The van der Waals surface area contributed by atoms with E-state index in [0.29, 0.717) is 6.04 Å². The summed E-state index contributed by atoms with van der Waals surface area (Å²) in [6.45, 7) is 2.18. The quantitative estimate of drug-likeness (QED) is 0.779. The van der Waals surface area contributed by atoms with Gasteiger partial charge in [0.15, 0.2) is 0 Å². The minimum atomic E-state index is 0. The van der Waals surface area contributed by atoms with Crippen LogP contribution in [-0.2, 0) is 0 Å². The second kappa shape index (κ2) is 5.56. The van der Waals surface area contributed by atoms with E-state index in [4.69, 9.17) is 0 Å². The molecule has 0 fully saturated rings. The van der Waals surface area contributed by atoms with Gasteiger partial charge in [-0.1, -0.05) is 37.3 Å². The molecule has 3 heteroatoms. The number of aromatic nitrogens is 2. The minimum absolute atomic E-state index is 0. The van der Waals surface area contributed by atoms with E-state index in [1.54, 1.807) is 0 Å². The molecular weight excluding hydrogens is 208 g/mol. The third-order valence-electron chi connectivity index (χ3n) is 2.42. The topological polar surface area (TPSA) is 17.8 Å². The van der Waals surface area contributed by atoms with Gasteiger partial charge < -0.3 is 0 Å². The average molecular weight is 223 g/mol. The summed E-state index contributed by atoms with van der Waals surface area (Å²) in [6.07, 6.45) is 4.90. The molecule has 80 valence electrons. The molecule has 2 aromatic rings. The Kier molecular flexibility index (Phi) is 4.37. The van der Waals surface area contributed by atoms with E-state index in [2.05, 4.69) is 36.3 Å². The van der Waals surface area contributed by atoms with Crippen molar-refractivity contribution in [3.8, 4) is 0 Å². The Balaban J connectivity index is 0.00000112. The Labute approximate surface area is 96.3 Å². The van der Waals surface area contributed by atoms with Gasteiger partial charge in [-0.15, -0.1) is 12.4 Å². The molecule has 0 N–H and O–H groups in total. The van der Waals surface area contributed by atoms with Crippen molar-refractivity contribution in [1.29, 1.82) is 0 Å². The van der Waals surface area contributed by atoms with E-state index in [-0.39, 0.29) is 12.4 Å². The molecule has 1 unspecified atom stereocenters. The monoisotopic (exact) mass is 222 g/mol. The Hall–Kier alpha value is -1.28. The normalized spacial score (nSPS) is 11.8. The lowest BCUT2D eigenvalue weighted by atomic mass is 10.1. The summed E-state index contributed by atoms with van der Waals surface area (Å²) < 4.78 is 2.01. The molecule has 1 heterocycles. The summed E-state index contributed by atoms with van der Waals surface area (Å²) in [4.78, 5) is 0. The van der Waals surface area contributed by atoms with Gasteiger partial charge in [0.2, 0.25) is 0 Å². The molecule has 0 radical (unpaired) electrons. The lowest BCUT2D eigenvalue weighted by Gasteiger charge is -2.15. The van der Waals surface area contributed by atoms with Gasteiger partial charge >= 0.3 is 0 Å². The highest BCUT2D eigenvalue weighted by atomic mass is 35.5. The number of rotatable bonds is 3. The fourth-order valence-corrected chi connectivity index (χ4v) is 1.72. The number of benzene rings is 1. The fraction of sp³-hybridized carbons (Fsp3) is 0.250. The summed E-state index contributed by atoms with van der Waals surface area (Å²) in [5.74, 6) is 0. The molecular formula is C12H15ClN2. The Morgan fingerprint density at radius 3 is 2.47 bits per heavy atom. The van der Waals surface area contributed by atoms with Gasteiger partial charge in [-0.3, -0.25) is 4.68 Å². The predicted octanol–water partition coefficient (Wildman–Crippen LogP) is 3.30. The highest BCUT2D eigenvalue weighted by Gasteiger charge is 2.09. The highest BCUT2D eigenvalue weighted by Crippen LogP contribution is 2.19. The average Bonchev–Trinajstić information content (AvgIpc) is 2.74. The third-order valence-corrected chi connectivity index (χ3v) is 2.42. The molecule has 1 atom stereocenters. The molecule has 0 aliphatic heterocycles. The molecule has 0 aliphatic carbocycles. The van der Waals surface area contributed by atoms with Crippen LogP contribution in [0.3, 0.4) is 0 Å². The minimum Gasteiger partial charge on any atom is -0.265 e. The number of hydrogen-bond donors (Lipinski definition) is 0. The Bertz CT molecular complexity index is 370. The zero-order chi connectivity index (χ0) is 9.80. The van der Waals surface area contributed by atoms with Crippen molar-refractivity contribution in [3.05, 3.63) is 54.4 Å². The molecule has 0 saturated heterocycles. The second-order valence-corrected chi connectivity index (χ2v) is 3.32. The summed E-state index contributed by atoms with van der Waals surface area (Å²) in [5, 5.41) is 4.28. The molecule has 2 rings (SSSR count). The molecule has 0 aliphatic rings. The van der Waals surface area contributed by atoms with Crippen LogP contribution in [0.1, 0.15) is 24.9 Å². The van der Waals surface area contributed by atoms with Gasteiger partial charge in [-0.05, 0) is 18.1 Å². The van der Waals surface area contributed by atoms with E-state index < -0.39 is 0 Å². The maximum absolute atomic E-state index is 4.28. The Morgan fingerprint density at radius 2 is 1.93 bits per heavy atom. The molecule has 0 bridgehead atoms. The maximum atomic E-state index is 4.28. The molecule has 1 aromatic carbocycles. The van der Waals surface area contributed by atoms with Gasteiger partial charge in [0.1, 0.15) is 0 Å². The van der Waals surface area contributed by atoms with Crippen LogP contribution >= 0.6 is 12.4 Å². The van der Waals surface area contributed by atoms with Crippen molar-refractivity contribution in [3.63, 3.8) is 0 Å². The summed E-state index contributed by atoms with van der Waals surface area (Å²) in [6, 6.07) is 12.8. The first-order valence-corrected chi connectivity index (χ1v) is 4.96. The van der Waals surface area contributed by atoms with Gasteiger partial charge in [0, 0.05) is 12.4 Å². The van der Waals surface area contributed by atoms with Gasteiger partial charge in [0.05, 0.1) is 6.04 Å². The molecule has 1 aromatic heterocycles. The van der Waals surface area contributed by atoms with E-state index in [9.17, 15) is 0 Å². The molecule has 0 spiro atoms. The molecule has 2 nitrogen and oxygen atoms in total.